The van der Waals surface area contributed by atoms with Crippen LogP contribution >= 0.6 is 0 Å². The van der Waals surface area contributed by atoms with E-state index >= 15 is 0 Å². The third-order valence-corrected chi connectivity index (χ3v) is 2.36. The number of Topliss-reactive ketones (excluding diaryl/α,β-unsaturated/α-hetero) is 1. The molecule has 0 atom stereocenters. The average molecular weight is 222 g/mol. The Balaban J connectivity index is 2.23. The molecule has 0 radical (unpaired) electrons. The average Bonchev–Trinajstić information content (AvgIpc) is 2.29. The monoisotopic (exact) mass is 222 g/mol. The molecule has 1 aromatic carbocycles. The largest absolute Gasteiger partial charge is 0.508 e. The molecular formula is C13H18O3. The lowest BCUT2D eigenvalue weighted by atomic mass is 10.1. The third kappa shape index (κ3) is 4.94. The van der Waals surface area contributed by atoms with E-state index in [2.05, 4.69) is 0 Å². The van der Waals surface area contributed by atoms with Crippen LogP contribution in [0.15, 0.2) is 24.3 Å². The first kappa shape index (κ1) is 12.7. The maximum atomic E-state index is 11.4. The highest BCUT2D eigenvalue weighted by molar-refractivity contribution is 5.78. The minimum atomic E-state index is 0.224. The highest BCUT2D eigenvalue weighted by atomic mass is 16.5. The first-order chi connectivity index (χ1) is 7.72. The van der Waals surface area contributed by atoms with Crippen molar-refractivity contribution in [1.29, 1.82) is 0 Å². The minimum Gasteiger partial charge on any atom is -0.508 e. The molecule has 0 aliphatic carbocycles. The van der Waals surface area contributed by atoms with Crippen molar-refractivity contribution in [3.05, 3.63) is 29.8 Å². The van der Waals surface area contributed by atoms with Crippen molar-refractivity contribution in [2.24, 2.45) is 0 Å². The van der Waals surface area contributed by atoms with Gasteiger partial charge in [-0.15, -0.1) is 0 Å². The summed E-state index contributed by atoms with van der Waals surface area (Å²) in [5, 5.41) is 9.09. The van der Waals surface area contributed by atoms with E-state index in [9.17, 15) is 4.79 Å². The SMILES string of the molecule is CCOCCC(=O)CCc1ccc(O)cc1. The summed E-state index contributed by atoms with van der Waals surface area (Å²) >= 11 is 0. The van der Waals surface area contributed by atoms with Gasteiger partial charge in [-0.05, 0) is 31.0 Å². The summed E-state index contributed by atoms with van der Waals surface area (Å²) in [4.78, 5) is 11.4. The number of phenolic OH excluding ortho intramolecular Hbond substituents is 1. The molecule has 0 fully saturated rings. The topological polar surface area (TPSA) is 46.5 Å². The van der Waals surface area contributed by atoms with E-state index in [1.54, 1.807) is 12.1 Å². The molecule has 0 amide bonds. The second kappa shape index (κ2) is 7.01. The summed E-state index contributed by atoms with van der Waals surface area (Å²) in [6, 6.07) is 6.95. The van der Waals surface area contributed by atoms with E-state index in [0.29, 0.717) is 26.1 Å². The zero-order valence-electron chi connectivity index (χ0n) is 9.61. The third-order valence-electron chi connectivity index (χ3n) is 2.36. The van der Waals surface area contributed by atoms with E-state index in [1.165, 1.54) is 0 Å². The molecule has 1 aromatic rings. The minimum absolute atomic E-state index is 0.224. The molecule has 0 saturated heterocycles. The van der Waals surface area contributed by atoms with Crippen molar-refractivity contribution in [2.45, 2.75) is 26.2 Å². The van der Waals surface area contributed by atoms with Gasteiger partial charge >= 0.3 is 0 Å². The second-order valence-electron chi connectivity index (χ2n) is 3.65. The highest BCUT2D eigenvalue weighted by Gasteiger charge is 2.02. The van der Waals surface area contributed by atoms with Crippen molar-refractivity contribution in [3.8, 4) is 5.75 Å². The fourth-order valence-corrected chi connectivity index (χ4v) is 1.40. The van der Waals surface area contributed by atoms with Crippen LogP contribution in [0.3, 0.4) is 0 Å². The van der Waals surface area contributed by atoms with E-state index in [0.717, 1.165) is 12.0 Å². The smallest absolute Gasteiger partial charge is 0.135 e. The lowest BCUT2D eigenvalue weighted by Gasteiger charge is -2.02. The van der Waals surface area contributed by atoms with Crippen LogP contribution in [0.1, 0.15) is 25.3 Å². The van der Waals surface area contributed by atoms with E-state index in [-0.39, 0.29) is 11.5 Å². The summed E-state index contributed by atoms with van der Waals surface area (Å²) in [7, 11) is 0. The summed E-state index contributed by atoms with van der Waals surface area (Å²) < 4.78 is 5.12. The standard InChI is InChI=1S/C13H18O3/c1-2-16-10-9-13(15)8-5-11-3-6-12(14)7-4-11/h3-4,6-7,14H,2,5,8-10H2,1H3. The van der Waals surface area contributed by atoms with Gasteiger partial charge < -0.3 is 9.84 Å². The zero-order chi connectivity index (χ0) is 11.8. The molecular weight excluding hydrogens is 204 g/mol. The Morgan fingerprint density at radius 1 is 1.25 bits per heavy atom. The number of ketones is 1. The van der Waals surface area contributed by atoms with E-state index in [1.807, 2.05) is 19.1 Å². The Morgan fingerprint density at radius 2 is 1.94 bits per heavy atom. The number of aromatic hydroxyl groups is 1. The number of carbonyl (C=O) groups excluding carboxylic acids is 1. The molecule has 0 aliphatic heterocycles. The first-order valence-electron chi connectivity index (χ1n) is 5.59. The lowest BCUT2D eigenvalue weighted by molar-refractivity contribution is -0.120. The summed E-state index contributed by atoms with van der Waals surface area (Å²) in [5.74, 6) is 0.480. The fraction of sp³-hybridized carbons (Fsp3) is 0.462. The van der Waals surface area contributed by atoms with E-state index < -0.39 is 0 Å². The van der Waals surface area contributed by atoms with Crippen LogP contribution in [0.4, 0.5) is 0 Å². The second-order valence-corrected chi connectivity index (χ2v) is 3.65. The molecule has 3 heteroatoms. The number of aryl methyl sites for hydroxylation is 1. The number of benzene rings is 1. The Labute approximate surface area is 96.1 Å². The van der Waals surface area contributed by atoms with Gasteiger partial charge in [-0.3, -0.25) is 4.79 Å². The van der Waals surface area contributed by atoms with Crippen LogP contribution in [0.5, 0.6) is 5.75 Å². The molecule has 1 N–H and O–H groups in total. The van der Waals surface area contributed by atoms with Crippen molar-refractivity contribution >= 4 is 5.78 Å². The van der Waals surface area contributed by atoms with Crippen LogP contribution in [0.25, 0.3) is 0 Å². The molecule has 1 rings (SSSR count). The maximum Gasteiger partial charge on any atom is 0.135 e. The molecule has 0 spiro atoms. The Bertz CT molecular complexity index is 316. The molecule has 88 valence electrons. The summed E-state index contributed by atoms with van der Waals surface area (Å²) in [5.41, 5.74) is 1.07. The lowest BCUT2D eigenvalue weighted by Crippen LogP contribution is -2.05. The van der Waals surface area contributed by atoms with Crippen LogP contribution in [-0.4, -0.2) is 24.1 Å². The Hall–Kier alpha value is -1.35. The molecule has 0 heterocycles. The predicted molar refractivity (Wildman–Crippen MR) is 62.5 cm³/mol. The van der Waals surface area contributed by atoms with Crippen LogP contribution in [-0.2, 0) is 16.0 Å². The van der Waals surface area contributed by atoms with Gasteiger partial charge in [0.15, 0.2) is 0 Å². The normalized spacial score (nSPS) is 10.3. The zero-order valence-corrected chi connectivity index (χ0v) is 9.61. The molecule has 16 heavy (non-hydrogen) atoms. The van der Waals surface area contributed by atoms with Crippen LogP contribution < -0.4 is 0 Å². The van der Waals surface area contributed by atoms with Gasteiger partial charge in [0.1, 0.15) is 11.5 Å². The van der Waals surface area contributed by atoms with Gasteiger partial charge in [-0.25, -0.2) is 0 Å². The number of ether oxygens (including phenoxy) is 1. The number of carbonyl (C=O) groups is 1. The van der Waals surface area contributed by atoms with Gasteiger partial charge in [0.05, 0.1) is 6.61 Å². The Morgan fingerprint density at radius 3 is 2.56 bits per heavy atom. The highest BCUT2D eigenvalue weighted by Crippen LogP contribution is 2.11. The first-order valence-corrected chi connectivity index (χ1v) is 5.59. The van der Waals surface area contributed by atoms with Gasteiger partial charge in [0, 0.05) is 19.4 Å². The number of rotatable bonds is 7. The van der Waals surface area contributed by atoms with Gasteiger partial charge in [0.25, 0.3) is 0 Å². The molecule has 0 aliphatic rings. The Kier molecular flexibility index (Phi) is 5.57. The van der Waals surface area contributed by atoms with Gasteiger partial charge in [-0.2, -0.15) is 0 Å². The number of phenols is 1. The van der Waals surface area contributed by atoms with Crippen molar-refractivity contribution in [2.75, 3.05) is 13.2 Å². The molecule has 0 bridgehead atoms. The van der Waals surface area contributed by atoms with Crippen molar-refractivity contribution < 1.29 is 14.6 Å². The quantitative estimate of drug-likeness (QED) is 0.720. The van der Waals surface area contributed by atoms with Gasteiger partial charge in [-0.1, -0.05) is 12.1 Å². The molecule has 3 nitrogen and oxygen atoms in total. The molecule has 0 saturated carbocycles. The number of hydrogen-bond acceptors (Lipinski definition) is 3. The van der Waals surface area contributed by atoms with Crippen molar-refractivity contribution in [3.63, 3.8) is 0 Å². The van der Waals surface area contributed by atoms with Crippen molar-refractivity contribution in [1.82, 2.24) is 0 Å². The number of hydrogen-bond donors (Lipinski definition) is 1. The van der Waals surface area contributed by atoms with Crippen LogP contribution in [0, 0.1) is 0 Å². The summed E-state index contributed by atoms with van der Waals surface area (Å²) in [6.07, 6.45) is 1.76. The maximum absolute atomic E-state index is 11.4. The molecule has 0 unspecified atom stereocenters. The van der Waals surface area contributed by atoms with E-state index in [4.69, 9.17) is 9.84 Å². The summed E-state index contributed by atoms with van der Waals surface area (Å²) in [6.45, 7) is 3.09. The molecule has 0 aromatic heterocycles. The fourth-order valence-electron chi connectivity index (χ4n) is 1.40. The van der Waals surface area contributed by atoms with Gasteiger partial charge in [0.2, 0.25) is 0 Å². The predicted octanol–water partition coefficient (Wildman–Crippen LogP) is 2.32. The van der Waals surface area contributed by atoms with Crippen LogP contribution in [0.2, 0.25) is 0 Å².